The van der Waals surface area contributed by atoms with Gasteiger partial charge in [0, 0.05) is 50.5 Å². The number of hydrogen-bond donors (Lipinski definition) is 0. The number of benzene rings is 1. The minimum Gasteiger partial charge on any atom is -0.340 e. The van der Waals surface area contributed by atoms with E-state index in [1.54, 1.807) is 0 Å². The number of hydrogen-bond acceptors (Lipinski definition) is 3. The van der Waals surface area contributed by atoms with Gasteiger partial charge in [-0.1, -0.05) is 52.0 Å². The topological polar surface area (TPSA) is 41.4 Å². The zero-order valence-corrected chi connectivity index (χ0v) is 19.6. The standard InChI is InChI=1S/C25H38N4O/c1-18(2)16-29-21(6)24(20(5)26-29)15-25(30)28-13-11-27(12-14-28)17-22-7-9-23(10-8-22)19(3)4/h7-10,18-19H,11-17H2,1-6H3. The van der Waals surface area contributed by atoms with Crippen molar-refractivity contribution in [3.63, 3.8) is 0 Å². The minimum absolute atomic E-state index is 0.228. The van der Waals surface area contributed by atoms with Gasteiger partial charge in [0.2, 0.25) is 5.91 Å². The lowest BCUT2D eigenvalue weighted by Gasteiger charge is -2.35. The Kier molecular flexibility index (Phi) is 7.35. The van der Waals surface area contributed by atoms with Gasteiger partial charge in [0.05, 0.1) is 12.1 Å². The van der Waals surface area contributed by atoms with Gasteiger partial charge in [-0.3, -0.25) is 14.4 Å². The smallest absolute Gasteiger partial charge is 0.227 e. The van der Waals surface area contributed by atoms with Gasteiger partial charge in [0.25, 0.3) is 0 Å². The average Bonchev–Trinajstić information content (AvgIpc) is 2.95. The molecule has 2 aromatic rings. The summed E-state index contributed by atoms with van der Waals surface area (Å²) in [7, 11) is 0. The summed E-state index contributed by atoms with van der Waals surface area (Å²) in [6.45, 7) is 18.3. The third kappa shape index (κ3) is 5.51. The normalized spacial score (nSPS) is 15.4. The van der Waals surface area contributed by atoms with E-state index in [1.165, 1.54) is 11.1 Å². The van der Waals surface area contributed by atoms with E-state index in [0.717, 1.165) is 56.2 Å². The van der Waals surface area contributed by atoms with E-state index in [9.17, 15) is 4.79 Å². The average molecular weight is 411 g/mol. The Hall–Kier alpha value is -2.14. The van der Waals surface area contributed by atoms with Crippen LogP contribution in [-0.2, 0) is 24.3 Å². The van der Waals surface area contributed by atoms with Crippen LogP contribution in [-0.4, -0.2) is 51.7 Å². The minimum atomic E-state index is 0.228. The van der Waals surface area contributed by atoms with Crippen molar-refractivity contribution < 1.29 is 4.79 Å². The van der Waals surface area contributed by atoms with Crippen LogP contribution in [0.2, 0.25) is 0 Å². The molecular weight excluding hydrogens is 372 g/mol. The van der Waals surface area contributed by atoms with Crippen molar-refractivity contribution >= 4 is 5.91 Å². The highest BCUT2D eigenvalue weighted by atomic mass is 16.2. The largest absolute Gasteiger partial charge is 0.340 e. The second kappa shape index (κ2) is 9.78. The van der Waals surface area contributed by atoms with Crippen LogP contribution in [0.5, 0.6) is 0 Å². The molecule has 0 atom stereocenters. The fraction of sp³-hybridized carbons (Fsp3) is 0.600. The number of carbonyl (C=O) groups excluding carboxylic acids is 1. The lowest BCUT2D eigenvalue weighted by atomic mass is 10.0. The van der Waals surface area contributed by atoms with Crippen molar-refractivity contribution in [1.82, 2.24) is 19.6 Å². The van der Waals surface area contributed by atoms with Gasteiger partial charge in [-0.05, 0) is 36.8 Å². The Balaban J connectivity index is 1.52. The van der Waals surface area contributed by atoms with E-state index in [1.807, 2.05) is 11.8 Å². The van der Waals surface area contributed by atoms with Crippen molar-refractivity contribution in [2.45, 2.75) is 67.0 Å². The molecule has 30 heavy (non-hydrogen) atoms. The first kappa shape index (κ1) is 22.5. The molecule has 0 N–H and O–H groups in total. The number of aryl methyl sites for hydroxylation is 1. The van der Waals surface area contributed by atoms with Crippen LogP contribution in [0.3, 0.4) is 0 Å². The first-order chi connectivity index (χ1) is 14.2. The second-order valence-corrected chi connectivity index (χ2v) is 9.46. The van der Waals surface area contributed by atoms with Crippen LogP contribution in [0, 0.1) is 19.8 Å². The quantitative estimate of drug-likeness (QED) is 0.688. The molecule has 1 aromatic carbocycles. The Morgan fingerprint density at radius 2 is 1.63 bits per heavy atom. The SMILES string of the molecule is Cc1nn(CC(C)C)c(C)c1CC(=O)N1CCN(Cc2ccc(C(C)C)cc2)CC1. The van der Waals surface area contributed by atoms with E-state index in [0.29, 0.717) is 18.3 Å². The molecular formula is C25H38N4O. The maximum absolute atomic E-state index is 12.9. The second-order valence-electron chi connectivity index (χ2n) is 9.46. The molecule has 0 unspecified atom stereocenters. The highest BCUT2D eigenvalue weighted by molar-refractivity contribution is 5.79. The lowest BCUT2D eigenvalue weighted by molar-refractivity contribution is -0.132. The summed E-state index contributed by atoms with van der Waals surface area (Å²) >= 11 is 0. The summed E-state index contributed by atoms with van der Waals surface area (Å²) < 4.78 is 2.06. The molecule has 0 radical (unpaired) electrons. The highest BCUT2D eigenvalue weighted by Gasteiger charge is 2.23. The molecule has 3 rings (SSSR count). The van der Waals surface area contributed by atoms with Gasteiger partial charge in [0.15, 0.2) is 0 Å². The van der Waals surface area contributed by atoms with Crippen LogP contribution >= 0.6 is 0 Å². The summed E-state index contributed by atoms with van der Waals surface area (Å²) in [5.41, 5.74) is 5.97. The third-order valence-corrected chi connectivity index (χ3v) is 6.18. The predicted octanol–water partition coefficient (Wildman–Crippen LogP) is 4.17. The molecule has 1 fully saturated rings. The molecule has 164 valence electrons. The number of piperazine rings is 1. The predicted molar refractivity (Wildman–Crippen MR) is 123 cm³/mol. The monoisotopic (exact) mass is 410 g/mol. The molecule has 1 aromatic heterocycles. The first-order valence-electron chi connectivity index (χ1n) is 11.4. The number of carbonyl (C=O) groups is 1. The van der Waals surface area contributed by atoms with Gasteiger partial charge >= 0.3 is 0 Å². The van der Waals surface area contributed by atoms with Gasteiger partial charge in [-0.25, -0.2) is 0 Å². The molecule has 0 saturated carbocycles. The summed E-state index contributed by atoms with van der Waals surface area (Å²) in [4.78, 5) is 17.4. The van der Waals surface area contributed by atoms with Crippen molar-refractivity contribution in [3.8, 4) is 0 Å². The third-order valence-electron chi connectivity index (χ3n) is 6.18. The van der Waals surface area contributed by atoms with Crippen LogP contribution in [0.4, 0.5) is 0 Å². The van der Waals surface area contributed by atoms with E-state index >= 15 is 0 Å². The van der Waals surface area contributed by atoms with Crippen LogP contribution in [0.1, 0.15) is 61.7 Å². The Labute approximate surface area is 182 Å². The molecule has 5 nitrogen and oxygen atoms in total. The molecule has 5 heteroatoms. The number of rotatable bonds is 7. The number of amides is 1. The molecule has 1 amide bonds. The fourth-order valence-corrected chi connectivity index (χ4v) is 4.20. The van der Waals surface area contributed by atoms with Gasteiger partial charge < -0.3 is 4.90 Å². The molecule has 0 spiro atoms. The van der Waals surface area contributed by atoms with Crippen LogP contribution in [0.25, 0.3) is 0 Å². The van der Waals surface area contributed by atoms with Crippen molar-refractivity contribution in [2.75, 3.05) is 26.2 Å². The summed E-state index contributed by atoms with van der Waals surface area (Å²) in [6, 6.07) is 8.97. The number of nitrogens with zero attached hydrogens (tertiary/aromatic N) is 4. The Bertz CT molecular complexity index is 843. The summed E-state index contributed by atoms with van der Waals surface area (Å²) in [5.74, 6) is 1.34. The Morgan fingerprint density at radius 3 is 2.20 bits per heavy atom. The molecule has 1 aliphatic heterocycles. The summed E-state index contributed by atoms with van der Waals surface area (Å²) in [5, 5.41) is 4.66. The van der Waals surface area contributed by atoms with Crippen LogP contribution in [0.15, 0.2) is 24.3 Å². The van der Waals surface area contributed by atoms with E-state index in [2.05, 4.69) is 73.6 Å². The zero-order chi connectivity index (χ0) is 21.8. The summed E-state index contributed by atoms with van der Waals surface area (Å²) in [6.07, 6.45) is 0.465. The molecule has 0 bridgehead atoms. The van der Waals surface area contributed by atoms with Gasteiger partial charge in [-0.2, -0.15) is 5.10 Å². The highest BCUT2D eigenvalue weighted by Crippen LogP contribution is 2.18. The maximum Gasteiger partial charge on any atom is 0.227 e. The number of aromatic nitrogens is 2. The fourth-order valence-electron chi connectivity index (χ4n) is 4.20. The molecule has 2 heterocycles. The van der Waals surface area contributed by atoms with E-state index in [4.69, 9.17) is 0 Å². The van der Waals surface area contributed by atoms with Crippen molar-refractivity contribution in [3.05, 3.63) is 52.3 Å². The van der Waals surface area contributed by atoms with E-state index in [-0.39, 0.29) is 5.91 Å². The van der Waals surface area contributed by atoms with Gasteiger partial charge in [0.1, 0.15) is 0 Å². The van der Waals surface area contributed by atoms with E-state index < -0.39 is 0 Å². The van der Waals surface area contributed by atoms with Crippen LogP contribution < -0.4 is 0 Å². The van der Waals surface area contributed by atoms with Crippen molar-refractivity contribution in [1.29, 1.82) is 0 Å². The maximum atomic E-state index is 12.9. The zero-order valence-electron chi connectivity index (χ0n) is 19.6. The Morgan fingerprint density at radius 1 is 1.00 bits per heavy atom. The molecule has 0 aliphatic carbocycles. The van der Waals surface area contributed by atoms with Gasteiger partial charge in [-0.15, -0.1) is 0 Å². The lowest BCUT2D eigenvalue weighted by Crippen LogP contribution is -2.48. The molecule has 1 aliphatic rings. The van der Waals surface area contributed by atoms with Crippen molar-refractivity contribution in [2.24, 2.45) is 5.92 Å². The molecule has 1 saturated heterocycles. The first-order valence-corrected chi connectivity index (χ1v) is 11.4.